The zero-order chi connectivity index (χ0) is 16.8. The van der Waals surface area contributed by atoms with E-state index in [-0.39, 0.29) is 24.4 Å². The largest absolute Gasteiger partial charge is 0.491 e. The van der Waals surface area contributed by atoms with Crippen molar-refractivity contribution in [3.05, 3.63) is 29.3 Å². The summed E-state index contributed by atoms with van der Waals surface area (Å²) in [5.41, 5.74) is 7.49. The van der Waals surface area contributed by atoms with Gasteiger partial charge in [0.25, 0.3) is 0 Å². The van der Waals surface area contributed by atoms with Crippen LogP contribution in [0.4, 0.5) is 0 Å². The fraction of sp³-hybridized carbons (Fsp3) is 0.611. The minimum atomic E-state index is -0.468. The average Bonchev–Trinajstić information content (AvgIpc) is 2.48. The van der Waals surface area contributed by atoms with E-state index >= 15 is 0 Å². The molecular weight excluding hydrogens is 312 g/mol. The Kier molecular flexibility index (Phi) is 9.25. The van der Waals surface area contributed by atoms with Crippen LogP contribution in [0.15, 0.2) is 18.2 Å². The molecule has 0 aromatic heterocycles. The molecule has 0 saturated carbocycles. The van der Waals surface area contributed by atoms with Crippen molar-refractivity contribution in [1.29, 1.82) is 0 Å². The molecule has 0 fully saturated rings. The molecule has 0 spiro atoms. The zero-order valence-corrected chi connectivity index (χ0v) is 15.8. The molecule has 0 aliphatic heterocycles. The van der Waals surface area contributed by atoms with Crippen molar-refractivity contribution in [2.24, 2.45) is 11.1 Å². The summed E-state index contributed by atoms with van der Waals surface area (Å²) in [5, 5.41) is 3.03. The van der Waals surface area contributed by atoms with Crippen molar-refractivity contribution in [3.8, 4) is 5.75 Å². The highest BCUT2D eigenvalue weighted by Crippen LogP contribution is 2.26. The van der Waals surface area contributed by atoms with E-state index in [4.69, 9.17) is 10.5 Å². The third-order valence-corrected chi connectivity index (χ3v) is 4.25. The number of hydrogen-bond donors (Lipinski definition) is 2. The summed E-state index contributed by atoms with van der Waals surface area (Å²) in [6, 6.07) is 6.05. The normalized spacial score (nSPS) is 11.1. The minimum Gasteiger partial charge on any atom is -0.491 e. The van der Waals surface area contributed by atoms with Gasteiger partial charge in [-0.15, -0.1) is 12.4 Å². The predicted octanol–water partition coefficient (Wildman–Crippen LogP) is 3.59. The molecule has 132 valence electrons. The standard InChI is InChI=1S/C18H30N2O2.ClH/c1-6-18(7-2,12-19)17(21)20-11-15-9-8-14(5)10-16(15)22-13(3)4;/h8-10,13H,6-7,11-12,19H2,1-5H3,(H,20,21);1H. The molecule has 1 amide bonds. The summed E-state index contributed by atoms with van der Waals surface area (Å²) >= 11 is 0. The summed E-state index contributed by atoms with van der Waals surface area (Å²) < 4.78 is 5.85. The van der Waals surface area contributed by atoms with E-state index in [0.717, 1.165) is 29.7 Å². The average molecular weight is 343 g/mol. The van der Waals surface area contributed by atoms with Crippen LogP contribution in [-0.4, -0.2) is 18.6 Å². The first-order valence-electron chi connectivity index (χ1n) is 8.13. The summed E-state index contributed by atoms with van der Waals surface area (Å²) in [6.45, 7) is 10.9. The van der Waals surface area contributed by atoms with Crippen LogP contribution in [-0.2, 0) is 11.3 Å². The fourth-order valence-electron chi connectivity index (χ4n) is 2.49. The molecule has 1 aromatic rings. The van der Waals surface area contributed by atoms with E-state index in [1.54, 1.807) is 0 Å². The van der Waals surface area contributed by atoms with E-state index < -0.39 is 5.41 Å². The maximum atomic E-state index is 12.5. The molecule has 0 aliphatic carbocycles. The Labute approximate surface area is 146 Å². The smallest absolute Gasteiger partial charge is 0.227 e. The molecule has 3 N–H and O–H groups in total. The van der Waals surface area contributed by atoms with Gasteiger partial charge in [0.1, 0.15) is 5.75 Å². The second-order valence-corrected chi connectivity index (χ2v) is 6.15. The van der Waals surface area contributed by atoms with Gasteiger partial charge in [-0.2, -0.15) is 0 Å². The zero-order valence-electron chi connectivity index (χ0n) is 14.9. The summed E-state index contributed by atoms with van der Waals surface area (Å²) in [6.07, 6.45) is 1.59. The van der Waals surface area contributed by atoms with Gasteiger partial charge >= 0.3 is 0 Å². The van der Waals surface area contributed by atoms with Crippen molar-refractivity contribution in [3.63, 3.8) is 0 Å². The molecule has 0 aliphatic rings. The highest BCUT2D eigenvalue weighted by atomic mass is 35.5. The lowest BCUT2D eigenvalue weighted by Crippen LogP contribution is -2.45. The topological polar surface area (TPSA) is 64.4 Å². The molecule has 4 nitrogen and oxygen atoms in total. The summed E-state index contributed by atoms with van der Waals surface area (Å²) in [4.78, 5) is 12.5. The van der Waals surface area contributed by atoms with Gasteiger partial charge in [0.2, 0.25) is 5.91 Å². The number of rotatable bonds is 8. The maximum absolute atomic E-state index is 12.5. The molecule has 0 bridgehead atoms. The van der Waals surface area contributed by atoms with E-state index in [2.05, 4.69) is 5.32 Å². The number of halogens is 1. The Bertz CT molecular complexity index is 492. The van der Waals surface area contributed by atoms with Crippen LogP contribution < -0.4 is 15.8 Å². The van der Waals surface area contributed by atoms with Crippen LogP contribution in [0.5, 0.6) is 5.75 Å². The van der Waals surface area contributed by atoms with Crippen molar-refractivity contribution >= 4 is 18.3 Å². The van der Waals surface area contributed by atoms with Crippen LogP contribution >= 0.6 is 12.4 Å². The quantitative estimate of drug-likeness (QED) is 0.758. The first kappa shape index (κ1) is 21.7. The highest BCUT2D eigenvalue weighted by molar-refractivity contribution is 5.85. The van der Waals surface area contributed by atoms with E-state index in [9.17, 15) is 4.79 Å². The predicted molar refractivity (Wildman–Crippen MR) is 98.1 cm³/mol. The van der Waals surface area contributed by atoms with Gasteiger partial charge in [0.05, 0.1) is 11.5 Å². The van der Waals surface area contributed by atoms with Gasteiger partial charge in [-0.1, -0.05) is 26.0 Å². The minimum absolute atomic E-state index is 0. The Morgan fingerprint density at radius 1 is 1.30 bits per heavy atom. The van der Waals surface area contributed by atoms with Gasteiger partial charge < -0.3 is 15.8 Å². The lowest BCUT2D eigenvalue weighted by atomic mass is 9.81. The van der Waals surface area contributed by atoms with Crippen molar-refractivity contribution in [2.45, 2.75) is 60.1 Å². The molecule has 1 aromatic carbocycles. The lowest BCUT2D eigenvalue weighted by molar-refractivity contribution is -0.131. The van der Waals surface area contributed by atoms with E-state index in [1.807, 2.05) is 52.8 Å². The second kappa shape index (κ2) is 9.78. The SMILES string of the molecule is CCC(CC)(CN)C(=O)NCc1ccc(C)cc1OC(C)C.Cl. The number of carbonyl (C=O) groups is 1. The molecule has 0 radical (unpaired) electrons. The number of hydrogen-bond acceptors (Lipinski definition) is 3. The van der Waals surface area contributed by atoms with Crippen LogP contribution in [0, 0.1) is 12.3 Å². The summed E-state index contributed by atoms with van der Waals surface area (Å²) in [7, 11) is 0. The van der Waals surface area contributed by atoms with Crippen LogP contribution in [0.1, 0.15) is 51.7 Å². The fourth-order valence-corrected chi connectivity index (χ4v) is 2.49. The highest BCUT2D eigenvalue weighted by Gasteiger charge is 2.33. The van der Waals surface area contributed by atoms with Crippen molar-refractivity contribution < 1.29 is 9.53 Å². The van der Waals surface area contributed by atoms with Gasteiger partial charge in [-0.3, -0.25) is 4.79 Å². The number of benzene rings is 1. The Balaban J connectivity index is 0.00000484. The van der Waals surface area contributed by atoms with Crippen molar-refractivity contribution in [1.82, 2.24) is 5.32 Å². The Morgan fingerprint density at radius 3 is 2.39 bits per heavy atom. The number of carbonyl (C=O) groups excluding carboxylic acids is 1. The number of nitrogens with one attached hydrogen (secondary N) is 1. The molecule has 0 atom stereocenters. The number of ether oxygens (including phenoxy) is 1. The third kappa shape index (κ3) is 5.70. The molecular formula is C18H31ClN2O2. The van der Waals surface area contributed by atoms with E-state index in [0.29, 0.717) is 13.1 Å². The Hall–Kier alpha value is -1.26. The number of amides is 1. The third-order valence-electron chi connectivity index (χ3n) is 4.25. The molecule has 0 heterocycles. The van der Waals surface area contributed by atoms with Crippen molar-refractivity contribution in [2.75, 3.05) is 6.54 Å². The molecule has 23 heavy (non-hydrogen) atoms. The monoisotopic (exact) mass is 342 g/mol. The van der Waals surface area contributed by atoms with Gasteiger partial charge in [-0.25, -0.2) is 0 Å². The van der Waals surface area contributed by atoms with Crippen LogP contribution in [0.3, 0.4) is 0 Å². The van der Waals surface area contributed by atoms with Crippen LogP contribution in [0.2, 0.25) is 0 Å². The number of aryl methyl sites for hydroxylation is 1. The van der Waals surface area contributed by atoms with Gasteiger partial charge in [0.15, 0.2) is 0 Å². The molecule has 0 saturated heterocycles. The maximum Gasteiger partial charge on any atom is 0.227 e. The van der Waals surface area contributed by atoms with Gasteiger partial charge in [0, 0.05) is 18.7 Å². The molecule has 5 heteroatoms. The summed E-state index contributed by atoms with van der Waals surface area (Å²) in [5.74, 6) is 0.859. The lowest BCUT2D eigenvalue weighted by Gasteiger charge is -2.28. The Morgan fingerprint density at radius 2 is 1.91 bits per heavy atom. The molecule has 0 unspecified atom stereocenters. The molecule has 1 rings (SSSR count). The first-order chi connectivity index (χ1) is 10.4. The van der Waals surface area contributed by atoms with Gasteiger partial charge in [-0.05, 0) is 45.2 Å². The second-order valence-electron chi connectivity index (χ2n) is 6.15. The van der Waals surface area contributed by atoms with E-state index in [1.165, 1.54) is 0 Å². The first-order valence-corrected chi connectivity index (χ1v) is 8.13. The van der Waals surface area contributed by atoms with Crippen LogP contribution in [0.25, 0.3) is 0 Å². The number of nitrogens with two attached hydrogens (primary N) is 1.